The molecule has 1 saturated heterocycles. The van der Waals surface area contributed by atoms with Gasteiger partial charge < -0.3 is 29.6 Å². The van der Waals surface area contributed by atoms with Crippen molar-refractivity contribution >= 4 is 30.7 Å². The Kier molecular flexibility index (Phi) is 8.69. The molecule has 14 nitrogen and oxygen atoms in total. The van der Waals surface area contributed by atoms with Crippen LogP contribution in [0.1, 0.15) is 19.6 Å². The van der Waals surface area contributed by atoms with E-state index in [4.69, 9.17) is 29.0 Å². The van der Waals surface area contributed by atoms with Crippen LogP contribution in [0.15, 0.2) is 43.0 Å². The van der Waals surface area contributed by atoms with Gasteiger partial charge in [0.25, 0.3) is 0 Å². The number of nitrogen functional groups attached to an aromatic ring is 1. The summed E-state index contributed by atoms with van der Waals surface area (Å²) in [5.74, 6) is -0.184. The van der Waals surface area contributed by atoms with Gasteiger partial charge in [0.1, 0.15) is 42.6 Å². The number of imidazole rings is 1. The average molecular weight is 536 g/mol. The number of para-hydroxylation sites is 1. The molecule has 4 N–H and O–H groups in total. The Morgan fingerprint density at radius 2 is 2.08 bits per heavy atom. The summed E-state index contributed by atoms with van der Waals surface area (Å²) in [4.78, 5) is 24.6. The minimum Gasteiger partial charge on any atom is -0.462 e. The van der Waals surface area contributed by atoms with Gasteiger partial charge in [-0.3, -0.25) is 13.9 Å². The van der Waals surface area contributed by atoms with Crippen LogP contribution in [0.2, 0.25) is 0 Å². The number of nitrogens with two attached hydrogens (primary N) is 1. The molecule has 3 heterocycles. The van der Waals surface area contributed by atoms with Crippen LogP contribution in [0.5, 0.6) is 5.75 Å². The van der Waals surface area contributed by atoms with E-state index in [-0.39, 0.29) is 37.8 Å². The molecule has 0 unspecified atom stereocenters. The van der Waals surface area contributed by atoms with Crippen LogP contribution in [0.3, 0.4) is 0 Å². The Balaban J connectivity index is 1.44. The predicted octanol–water partition coefficient (Wildman–Crippen LogP) is 1.43. The maximum absolute atomic E-state index is 13.6. The Bertz CT molecular complexity index is 1240. The molecular formula is C22H29N6O8P. The third kappa shape index (κ3) is 6.60. The number of nitrogens with zero attached hydrogens (tertiary/aromatic N) is 4. The van der Waals surface area contributed by atoms with Crippen molar-refractivity contribution < 1.29 is 37.7 Å². The Labute approximate surface area is 212 Å². The zero-order chi connectivity index (χ0) is 26.4. The molecule has 3 aromatic rings. The predicted molar refractivity (Wildman–Crippen MR) is 130 cm³/mol. The molecule has 0 aliphatic carbocycles. The minimum atomic E-state index is -4.12. The summed E-state index contributed by atoms with van der Waals surface area (Å²) in [5, 5.41) is 13.2. The molecule has 5 atom stereocenters. The van der Waals surface area contributed by atoms with Gasteiger partial charge in [0.2, 0.25) is 0 Å². The zero-order valence-corrected chi connectivity index (χ0v) is 21.2. The van der Waals surface area contributed by atoms with E-state index in [0.29, 0.717) is 11.2 Å². The van der Waals surface area contributed by atoms with Crippen LogP contribution in [0.25, 0.3) is 11.2 Å². The Morgan fingerprint density at radius 3 is 2.84 bits per heavy atom. The van der Waals surface area contributed by atoms with Crippen LogP contribution in [-0.4, -0.2) is 75.8 Å². The summed E-state index contributed by atoms with van der Waals surface area (Å²) in [6.45, 7) is 1.42. The number of methoxy groups -OCH3 is 1. The van der Waals surface area contributed by atoms with Crippen LogP contribution in [-0.2, 0) is 28.1 Å². The number of hydrogen-bond acceptors (Lipinski definition) is 12. The monoisotopic (exact) mass is 536 g/mol. The number of rotatable bonds is 12. The van der Waals surface area contributed by atoms with Crippen molar-refractivity contribution in [2.45, 2.75) is 37.8 Å². The fraction of sp³-hybridized carbons (Fsp3) is 0.455. The van der Waals surface area contributed by atoms with Crippen molar-refractivity contribution in [3.8, 4) is 5.75 Å². The van der Waals surface area contributed by atoms with Crippen LogP contribution in [0.4, 0.5) is 5.82 Å². The van der Waals surface area contributed by atoms with Crippen LogP contribution in [0, 0.1) is 0 Å². The lowest BCUT2D eigenvalue weighted by atomic mass is 10.2. The summed E-state index contributed by atoms with van der Waals surface area (Å²) in [6, 6.07) is 7.31. The molecule has 1 aliphatic rings. The normalized spacial score (nSPS) is 22.0. The van der Waals surface area contributed by atoms with Gasteiger partial charge in [0.05, 0.1) is 25.6 Å². The highest BCUT2D eigenvalue weighted by Crippen LogP contribution is 2.46. The van der Waals surface area contributed by atoms with Crippen molar-refractivity contribution in [2.75, 3.05) is 32.7 Å². The van der Waals surface area contributed by atoms with Gasteiger partial charge in [-0.15, -0.1) is 0 Å². The van der Waals surface area contributed by atoms with Gasteiger partial charge in [-0.1, -0.05) is 18.2 Å². The van der Waals surface area contributed by atoms with Crippen LogP contribution >= 0.6 is 7.75 Å². The number of carbonyl (C=O) groups excluding carboxylic acids is 1. The maximum Gasteiger partial charge on any atom is 0.459 e. The molecule has 2 aromatic heterocycles. The van der Waals surface area contributed by atoms with Gasteiger partial charge in [-0.25, -0.2) is 19.5 Å². The highest BCUT2D eigenvalue weighted by Gasteiger charge is 2.39. The second-order valence-electron chi connectivity index (χ2n) is 8.22. The van der Waals surface area contributed by atoms with Crippen molar-refractivity contribution in [1.82, 2.24) is 24.6 Å². The summed E-state index contributed by atoms with van der Waals surface area (Å²) in [7, 11) is -2.64. The maximum atomic E-state index is 13.6. The lowest BCUT2D eigenvalue weighted by molar-refractivity contribution is -0.146. The van der Waals surface area contributed by atoms with E-state index in [1.807, 2.05) is 0 Å². The van der Waals surface area contributed by atoms with Crippen molar-refractivity contribution in [3.05, 3.63) is 43.0 Å². The molecule has 0 bridgehead atoms. The Hall–Kier alpha value is -3.13. The quantitative estimate of drug-likeness (QED) is 0.172. The summed E-state index contributed by atoms with van der Waals surface area (Å²) in [6.07, 6.45) is 0.566. The molecular weight excluding hydrogens is 507 g/mol. The number of fused-ring (bicyclic) bond motifs is 1. The van der Waals surface area contributed by atoms with E-state index in [2.05, 4.69) is 20.0 Å². The standard InChI is InChI=1S/C22H29N6O8P/c1-14(22(30)33-9-8-32-2)27-37(31,36-15-6-4-3-5-7-15)34-11-17-16(29)10-18(35-17)28-13-26-19-20(23)24-12-25-21(19)28/h3-7,12-14,16-18,29H,8-11H2,1-2H3,(H,27,31)(H2,23,24,25)/t14-,16-,17+,18+,37-/m0/s1. The third-order valence-electron chi connectivity index (χ3n) is 5.52. The first-order chi connectivity index (χ1) is 17.8. The number of benzene rings is 1. The first-order valence-electron chi connectivity index (χ1n) is 11.5. The molecule has 15 heteroatoms. The second-order valence-corrected chi connectivity index (χ2v) is 9.92. The van der Waals surface area contributed by atoms with Crippen molar-refractivity contribution in [2.24, 2.45) is 0 Å². The zero-order valence-electron chi connectivity index (χ0n) is 20.3. The van der Waals surface area contributed by atoms with E-state index in [9.17, 15) is 14.5 Å². The molecule has 1 fully saturated rings. The van der Waals surface area contributed by atoms with E-state index >= 15 is 0 Å². The van der Waals surface area contributed by atoms with Gasteiger partial charge >= 0.3 is 13.7 Å². The molecule has 37 heavy (non-hydrogen) atoms. The highest BCUT2D eigenvalue weighted by atomic mass is 31.2. The highest BCUT2D eigenvalue weighted by molar-refractivity contribution is 7.52. The molecule has 4 rings (SSSR count). The number of ether oxygens (including phenoxy) is 3. The van der Waals surface area contributed by atoms with Crippen molar-refractivity contribution in [1.29, 1.82) is 0 Å². The second kappa shape index (κ2) is 11.9. The van der Waals surface area contributed by atoms with Gasteiger partial charge in [-0.2, -0.15) is 5.09 Å². The summed E-state index contributed by atoms with van der Waals surface area (Å²) in [5.41, 5.74) is 6.71. The van der Waals surface area contributed by atoms with E-state index in [1.54, 1.807) is 34.9 Å². The molecule has 0 saturated carbocycles. The van der Waals surface area contributed by atoms with Crippen molar-refractivity contribution in [3.63, 3.8) is 0 Å². The summed E-state index contributed by atoms with van der Waals surface area (Å²) >= 11 is 0. The number of nitrogens with one attached hydrogen (secondary N) is 1. The first kappa shape index (κ1) is 26.9. The third-order valence-corrected chi connectivity index (χ3v) is 7.16. The van der Waals surface area contributed by atoms with E-state index in [0.717, 1.165) is 0 Å². The largest absolute Gasteiger partial charge is 0.462 e. The van der Waals surface area contributed by atoms with Gasteiger partial charge in [0.15, 0.2) is 11.5 Å². The topological polar surface area (TPSA) is 182 Å². The van der Waals surface area contributed by atoms with Crippen LogP contribution < -0.4 is 15.3 Å². The fourth-order valence-corrected chi connectivity index (χ4v) is 5.14. The molecule has 0 spiro atoms. The smallest absolute Gasteiger partial charge is 0.459 e. The van der Waals surface area contributed by atoms with Gasteiger partial charge in [0, 0.05) is 13.5 Å². The number of carbonyl (C=O) groups is 1. The van der Waals surface area contributed by atoms with E-state index < -0.39 is 38.2 Å². The summed E-state index contributed by atoms with van der Waals surface area (Å²) < 4.78 is 42.4. The lowest BCUT2D eigenvalue weighted by Crippen LogP contribution is -2.36. The number of aliphatic hydroxyl groups is 1. The van der Waals surface area contributed by atoms with E-state index in [1.165, 1.54) is 26.7 Å². The molecule has 0 radical (unpaired) electrons. The fourth-order valence-electron chi connectivity index (χ4n) is 3.64. The average Bonchev–Trinajstić information content (AvgIpc) is 3.47. The molecule has 200 valence electrons. The number of aromatic nitrogens is 4. The number of hydrogen-bond donors (Lipinski definition) is 3. The van der Waals surface area contributed by atoms with Gasteiger partial charge in [-0.05, 0) is 19.1 Å². The molecule has 0 amide bonds. The molecule has 1 aromatic carbocycles. The first-order valence-corrected chi connectivity index (χ1v) is 13.0. The number of aliphatic hydroxyl groups excluding tert-OH is 1. The SMILES string of the molecule is COCCOC(=O)[C@H](C)N[P@](=O)(OC[C@H]1O[C@@H](n2cnc3c(N)ncnc32)C[C@@H]1O)Oc1ccccc1. The minimum absolute atomic E-state index is 0.0368. The Morgan fingerprint density at radius 1 is 1.30 bits per heavy atom. The molecule has 1 aliphatic heterocycles. The number of anilines is 1. The lowest BCUT2D eigenvalue weighted by Gasteiger charge is -2.24. The number of esters is 1.